The summed E-state index contributed by atoms with van der Waals surface area (Å²) >= 11 is 5.84. The number of benzene rings is 1. The molecule has 1 aromatic carbocycles. The maximum atomic E-state index is 12.7. The predicted molar refractivity (Wildman–Crippen MR) is 71.9 cm³/mol. The zero-order valence-corrected chi connectivity index (χ0v) is 11.4. The van der Waals surface area contributed by atoms with Crippen molar-refractivity contribution in [1.82, 2.24) is 20.2 Å². The number of nitrogens with one attached hydrogen (secondary N) is 1. The van der Waals surface area contributed by atoms with E-state index in [1.807, 2.05) is 0 Å². The lowest BCUT2D eigenvalue weighted by Crippen LogP contribution is -2.05. The van der Waals surface area contributed by atoms with Gasteiger partial charge in [-0.2, -0.15) is 23.3 Å². The molecule has 2 aromatic heterocycles. The first-order valence-electron chi connectivity index (χ1n) is 5.91. The van der Waals surface area contributed by atoms with Gasteiger partial charge in [-0.1, -0.05) is 6.07 Å². The van der Waals surface area contributed by atoms with E-state index in [1.54, 1.807) is 6.92 Å². The summed E-state index contributed by atoms with van der Waals surface area (Å²) in [5.41, 5.74) is 1.18. The van der Waals surface area contributed by atoms with Crippen LogP contribution in [0.3, 0.4) is 0 Å². The molecule has 0 saturated carbocycles. The zero-order valence-electron chi connectivity index (χ0n) is 10.7. The number of alkyl halides is 3. The average molecular weight is 313 g/mol. The maximum Gasteiger partial charge on any atom is 0.416 e. The Morgan fingerprint density at radius 3 is 2.62 bits per heavy atom. The number of aromatic nitrogens is 4. The third-order valence-electron chi connectivity index (χ3n) is 3.09. The Morgan fingerprint density at radius 1 is 1.19 bits per heavy atom. The van der Waals surface area contributed by atoms with Crippen LogP contribution in [0.25, 0.3) is 22.3 Å². The topological polar surface area (TPSA) is 54.5 Å². The Morgan fingerprint density at radius 2 is 1.95 bits per heavy atom. The molecule has 4 nitrogen and oxygen atoms in total. The Labute approximate surface area is 122 Å². The second-order valence-corrected chi connectivity index (χ2v) is 4.84. The van der Waals surface area contributed by atoms with E-state index in [0.717, 1.165) is 12.1 Å². The zero-order chi connectivity index (χ0) is 15.2. The highest BCUT2D eigenvalue weighted by atomic mass is 35.5. The van der Waals surface area contributed by atoms with Crippen molar-refractivity contribution >= 4 is 22.6 Å². The number of hydrogen-bond acceptors (Lipinski definition) is 3. The number of fused-ring (bicyclic) bond motifs is 1. The van der Waals surface area contributed by atoms with Gasteiger partial charge in [0.1, 0.15) is 0 Å². The van der Waals surface area contributed by atoms with Crippen LogP contribution in [0.2, 0.25) is 5.28 Å². The summed E-state index contributed by atoms with van der Waals surface area (Å²) in [5, 5.41) is 7.11. The lowest BCUT2D eigenvalue weighted by atomic mass is 10.0. The van der Waals surface area contributed by atoms with Crippen LogP contribution in [0.5, 0.6) is 0 Å². The molecule has 2 heterocycles. The normalized spacial score (nSPS) is 12.0. The number of rotatable bonds is 1. The number of nitrogens with zero attached hydrogens (tertiary/aromatic N) is 3. The molecule has 0 unspecified atom stereocenters. The second kappa shape index (κ2) is 4.70. The van der Waals surface area contributed by atoms with E-state index in [9.17, 15) is 13.2 Å². The van der Waals surface area contributed by atoms with Gasteiger partial charge in [0.05, 0.1) is 22.8 Å². The molecular weight excluding hydrogens is 305 g/mol. The van der Waals surface area contributed by atoms with E-state index in [4.69, 9.17) is 11.6 Å². The van der Waals surface area contributed by atoms with Gasteiger partial charge in [0, 0.05) is 5.56 Å². The number of H-pyrrole nitrogens is 1. The summed E-state index contributed by atoms with van der Waals surface area (Å²) in [4.78, 5) is 8.07. The van der Waals surface area contributed by atoms with Crippen molar-refractivity contribution in [3.8, 4) is 11.3 Å². The van der Waals surface area contributed by atoms with Crippen LogP contribution in [0, 0.1) is 6.92 Å². The van der Waals surface area contributed by atoms with Crippen molar-refractivity contribution in [2.75, 3.05) is 0 Å². The minimum atomic E-state index is -4.38. The van der Waals surface area contributed by atoms with E-state index in [0.29, 0.717) is 27.9 Å². The van der Waals surface area contributed by atoms with Crippen LogP contribution in [0.4, 0.5) is 13.2 Å². The average Bonchev–Trinajstić information content (AvgIpc) is 2.84. The highest BCUT2D eigenvalue weighted by molar-refractivity contribution is 6.28. The molecule has 0 aliphatic carbocycles. The van der Waals surface area contributed by atoms with E-state index in [-0.39, 0.29) is 5.28 Å². The Hall–Kier alpha value is -2.15. The maximum absolute atomic E-state index is 12.7. The van der Waals surface area contributed by atoms with Gasteiger partial charge in [0.2, 0.25) is 5.28 Å². The Balaban J connectivity index is 2.21. The van der Waals surface area contributed by atoms with Crippen molar-refractivity contribution in [1.29, 1.82) is 0 Å². The predicted octanol–water partition coefficient (Wildman–Crippen LogP) is 4.00. The van der Waals surface area contributed by atoms with Crippen molar-refractivity contribution in [2.24, 2.45) is 0 Å². The molecule has 21 heavy (non-hydrogen) atoms. The summed E-state index contributed by atoms with van der Waals surface area (Å²) in [5.74, 6) is 0. The van der Waals surface area contributed by atoms with Gasteiger partial charge in [-0.3, -0.25) is 5.10 Å². The molecular formula is C13H8ClF3N4. The number of aromatic amines is 1. The third kappa shape index (κ3) is 2.44. The monoisotopic (exact) mass is 312 g/mol. The lowest BCUT2D eigenvalue weighted by Gasteiger charge is -2.11. The van der Waals surface area contributed by atoms with Crippen LogP contribution in [0.15, 0.2) is 24.4 Å². The minimum absolute atomic E-state index is 0.000970. The van der Waals surface area contributed by atoms with Crippen molar-refractivity contribution in [2.45, 2.75) is 13.1 Å². The number of halogens is 4. The van der Waals surface area contributed by atoms with Gasteiger partial charge >= 0.3 is 6.18 Å². The highest BCUT2D eigenvalue weighted by Gasteiger charge is 2.30. The summed E-state index contributed by atoms with van der Waals surface area (Å²) < 4.78 is 38.1. The summed E-state index contributed by atoms with van der Waals surface area (Å²) in [6.45, 7) is 1.59. The van der Waals surface area contributed by atoms with Crippen molar-refractivity contribution < 1.29 is 13.2 Å². The molecule has 1 N–H and O–H groups in total. The first-order valence-corrected chi connectivity index (χ1v) is 6.29. The van der Waals surface area contributed by atoms with Gasteiger partial charge in [0.25, 0.3) is 0 Å². The van der Waals surface area contributed by atoms with Crippen LogP contribution >= 0.6 is 11.6 Å². The van der Waals surface area contributed by atoms with Crippen LogP contribution in [0.1, 0.15) is 11.1 Å². The molecule has 3 rings (SSSR count). The molecule has 0 amide bonds. The standard InChI is InChI=1S/C13H8ClF3N4/c1-6-4-7(13(15,16)17)2-3-8(6)10-9-5-18-21-11(9)20-12(14)19-10/h2-5H,1H3,(H,18,19,20,21). The summed E-state index contributed by atoms with van der Waals surface area (Å²) in [7, 11) is 0. The van der Waals surface area contributed by atoms with Crippen LogP contribution in [-0.4, -0.2) is 20.2 Å². The molecule has 3 aromatic rings. The molecule has 0 radical (unpaired) electrons. The number of hydrogen-bond donors (Lipinski definition) is 1. The van der Waals surface area contributed by atoms with Gasteiger partial charge < -0.3 is 0 Å². The molecule has 0 saturated heterocycles. The molecule has 0 fully saturated rings. The Kier molecular flexibility index (Phi) is 3.09. The summed E-state index contributed by atoms with van der Waals surface area (Å²) in [6, 6.07) is 3.48. The smallest absolute Gasteiger partial charge is 0.261 e. The molecule has 0 spiro atoms. The lowest BCUT2D eigenvalue weighted by molar-refractivity contribution is -0.137. The molecule has 0 atom stereocenters. The third-order valence-corrected chi connectivity index (χ3v) is 3.26. The van der Waals surface area contributed by atoms with Crippen molar-refractivity contribution in [3.63, 3.8) is 0 Å². The quantitative estimate of drug-likeness (QED) is 0.691. The highest BCUT2D eigenvalue weighted by Crippen LogP contribution is 2.34. The SMILES string of the molecule is Cc1cc(C(F)(F)F)ccc1-c1nc(Cl)nc2[nH]ncc12. The van der Waals surface area contributed by atoms with Gasteiger partial charge in [0.15, 0.2) is 5.65 Å². The molecule has 8 heteroatoms. The molecule has 0 aliphatic heterocycles. The minimum Gasteiger partial charge on any atom is -0.261 e. The molecule has 0 bridgehead atoms. The van der Waals surface area contributed by atoms with E-state index in [2.05, 4.69) is 20.2 Å². The fourth-order valence-corrected chi connectivity index (χ4v) is 2.29. The van der Waals surface area contributed by atoms with Crippen LogP contribution in [-0.2, 0) is 6.18 Å². The van der Waals surface area contributed by atoms with Gasteiger partial charge in [-0.25, -0.2) is 4.98 Å². The second-order valence-electron chi connectivity index (χ2n) is 4.50. The molecule has 0 aliphatic rings. The fraction of sp³-hybridized carbons (Fsp3) is 0.154. The van der Waals surface area contributed by atoms with E-state index >= 15 is 0 Å². The largest absolute Gasteiger partial charge is 0.416 e. The van der Waals surface area contributed by atoms with Gasteiger partial charge in [-0.15, -0.1) is 0 Å². The first kappa shape index (κ1) is 13.8. The first-order chi connectivity index (χ1) is 9.86. The number of aryl methyl sites for hydroxylation is 1. The van der Waals surface area contributed by atoms with E-state index in [1.165, 1.54) is 12.3 Å². The van der Waals surface area contributed by atoms with Crippen LogP contribution < -0.4 is 0 Å². The van der Waals surface area contributed by atoms with E-state index < -0.39 is 11.7 Å². The fourth-order valence-electron chi connectivity index (χ4n) is 2.12. The van der Waals surface area contributed by atoms with Gasteiger partial charge in [-0.05, 0) is 36.2 Å². The summed E-state index contributed by atoms with van der Waals surface area (Å²) in [6.07, 6.45) is -2.87. The Bertz CT molecular complexity index is 826. The van der Waals surface area contributed by atoms with Crippen molar-refractivity contribution in [3.05, 3.63) is 40.8 Å². The molecule has 108 valence electrons.